The number of nitrogens with two attached hydrogens (primary N) is 1. The van der Waals surface area contributed by atoms with Gasteiger partial charge in [-0.1, -0.05) is 13.8 Å². The van der Waals surface area contributed by atoms with Crippen LogP contribution in [0.3, 0.4) is 0 Å². The van der Waals surface area contributed by atoms with Gasteiger partial charge in [0, 0.05) is 12.6 Å². The summed E-state index contributed by atoms with van der Waals surface area (Å²) < 4.78 is 2.32. The van der Waals surface area contributed by atoms with Crippen molar-refractivity contribution < 1.29 is 0 Å². The summed E-state index contributed by atoms with van der Waals surface area (Å²) in [7, 11) is 0. The number of aryl methyl sites for hydroxylation is 2. The van der Waals surface area contributed by atoms with Gasteiger partial charge in [-0.2, -0.15) is 0 Å². The van der Waals surface area contributed by atoms with E-state index in [1.54, 1.807) is 0 Å². The molecule has 0 amide bonds. The van der Waals surface area contributed by atoms with Gasteiger partial charge in [0.2, 0.25) is 0 Å². The first-order valence-corrected chi connectivity index (χ1v) is 7.92. The Labute approximate surface area is 128 Å². The van der Waals surface area contributed by atoms with Crippen LogP contribution in [0.15, 0.2) is 12.1 Å². The Kier molecular flexibility index (Phi) is 5.01. The lowest BCUT2D eigenvalue weighted by atomic mass is 10.1. The van der Waals surface area contributed by atoms with Gasteiger partial charge in [-0.15, -0.1) is 0 Å². The molecule has 116 valence electrons. The van der Waals surface area contributed by atoms with E-state index < -0.39 is 0 Å². The van der Waals surface area contributed by atoms with Gasteiger partial charge in [0.05, 0.1) is 17.6 Å². The Hall–Kier alpha value is -1.39. The topological polar surface area (TPSA) is 47.1 Å². The van der Waals surface area contributed by atoms with E-state index in [9.17, 15) is 0 Å². The third-order valence-electron chi connectivity index (χ3n) is 4.42. The molecular formula is C17H28N4. The summed E-state index contributed by atoms with van der Waals surface area (Å²) in [6.45, 7) is 14.4. The van der Waals surface area contributed by atoms with E-state index in [-0.39, 0.29) is 6.04 Å². The highest BCUT2D eigenvalue weighted by molar-refractivity contribution is 5.78. The molecule has 0 spiro atoms. The first kappa shape index (κ1) is 16.0. The largest absolute Gasteiger partial charge is 0.328 e. The fourth-order valence-electron chi connectivity index (χ4n) is 2.76. The molecule has 1 unspecified atom stereocenters. The normalized spacial score (nSPS) is 13.3. The van der Waals surface area contributed by atoms with Crippen molar-refractivity contribution in [1.82, 2.24) is 14.5 Å². The van der Waals surface area contributed by atoms with Crippen LogP contribution in [-0.2, 0) is 6.54 Å². The molecule has 0 bridgehead atoms. The standard InChI is InChI=1S/C17H28N4/c1-6-20(7-2)11-17-19-15-8-12(3)13(4)9-16(15)21(17)14(5)10-18/h8-9,14H,6-7,10-11,18H2,1-5H3. The minimum absolute atomic E-state index is 0.266. The van der Waals surface area contributed by atoms with Crippen LogP contribution in [0.5, 0.6) is 0 Å². The van der Waals surface area contributed by atoms with Gasteiger partial charge in [-0.3, -0.25) is 4.90 Å². The third kappa shape index (κ3) is 3.11. The molecule has 2 N–H and O–H groups in total. The van der Waals surface area contributed by atoms with Gasteiger partial charge in [-0.05, 0) is 57.1 Å². The maximum absolute atomic E-state index is 5.92. The van der Waals surface area contributed by atoms with Crippen LogP contribution >= 0.6 is 0 Å². The first-order chi connectivity index (χ1) is 10.0. The molecule has 4 heteroatoms. The molecule has 21 heavy (non-hydrogen) atoms. The molecule has 1 aromatic heterocycles. The fourth-order valence-corrected chi connectivity index (χ4v) is 2.76. The van der Waals surface area contributed by atoms with Crippen LogP contribution < -0.4 is 5.73 Å². The second-order valence-electron chi connectivity index (χ2n) is 5.87. The van der Waals surface area contributed by atoms with Gasteiger partial charge in [0.15, 0.2) is 0 Å². The Balaban J connectivity index is 2.57. The number of rotatable bonds is 6. The van der Waals surface area contributed by atoms with E-state index in [0.29, 0.717) is 6.54 Å². The maximum Gasteiger partial charge on any atom is 0.124 e. The van der Waals surface area contributed by atoms with Crippen LogP contribution in [0, 0.1) is 13.8 Å². The molecular weight excluding hydrogens is 260 g/mol. The van der Waals surface area contributed by atoms with Gasteiger partial charge in [0.25, 0.3) is 0 Å². The summed E-state index contributed by atoms with van der Waals surface area (Å²) in [5.41, 5.74) is 10.8. The summed E-state index contributed by atoms with van der Waals surface area (Å²) in [5.74, 6) is 1.12. The molecule has 0 aliphatic carbocycles. The average molecular weight is 288 g/mol. The van der Waals surface area contributed by atoms with Crippen molar-refractivity contribution in [2.24, 2.45) is 5.73 Å². The Morgan fingerprint density at radius 2 is 1.81 bits per heavy atom. The minimum Gasteiger partial charge on any atom is -0.328 e. The average Bonchev–Trinajstić information content (AvgIpc) is 2.81. The number of aromatic nitrogens is 2. The van der Waals surface area contributed by atoms with Crippen LogP contribution in [-0.4, -0.2) is 34.1 Å². The van der Waals surface area contributed by atoms with E-state index in [0.717, 1.165) is 31.0 Å². The van der Waals surface area contributed by atoms with Crippen LogP contribution in [0.2, 0.25) is 0 Å². The first-order valence-electron chi connectivity index (χ1n) is 7.92. The molecule has 2 rings (SSSR count). The quantitative estimate of drug-likeness (QED) is 0.889. The summed E-state index contributed by atoms with van der Waals surface area (Å²) in [6.07, 6.45) is 0. The van der Waals surface area contributed by atoms with E-state index in [2.05, 4.69) is 56.2 Å². The molecule has 0 saturated heterocycles. The molecule has 1 heterocycles. The van der Waals surface area contributed by atoms with E-state index in [1.807, 2.05) is 0 Å². The van der Waals surface area contributed by atoms with Crippen molar-refractivity contribution in [3.63, 3.8) is 0 Å². The lowest BCUT2D eigenvalue weighted by Gasteiger charge is -2.21. The number of imidazole rings is 1. The predicted molar refractivity (Wildman–Crippen MR) is 89.6 cm³/mol. The van der Waals surface area contributed by atoms with Crippen LogP contribution in [0.25, 0.3) is 11.0 Å². The molecule has 0 saturated carbocycles. The number of nitrogens with zero attached hydrogens (tertiary/aromatic N) is 3. The number of hydrogen-bond donors (Lipinski definition) is 1. The van der Waals surface area contributed by atoms with Gasteiger partial charge < -0.3 is 10.3 Å². The molecule has 2 aromatic rings. The maximum atomic E-state index is 5.92. The fraction of sp³-hybridized carbons (Fsp3) is 0.588. The Morgan fingerprint density at radius 3 is 2.38 bits per heavy atom. The van der Waals surface area contributed by atoms with Crippen molar-refractivity contribution in [1.29, 1.82) is 0 Å². The highest BCUT2D eigenvalue weighted by Crippen LogP contribution is 2.25. The minimum atomic E-state index is 0.266. The highest BCUT2D eigenvalue weighted by Gasteiger charge is 2.17. The molecule has 0 radical (unpaired) electrons. The predicted octanol–water partition coefficient (Wildman–Crippen LogP) is 3.01. The van der Waals surface area contributed by atoms with Crippen molar-refractivity contribution in [3.05, 3.63) is 29.1 Å². The summed E-state index contributed by atoms with van der Waals surface area (Å²) >= 11 is 0. The SMILES string of the molecule is CCN(CC)Cc1nc2cc(C)c(C)cc2n1C(C)CN. The summed E-state index contributed by atoms with van der Waals surface area (Å²) in [4.78, 5) is 7.27. The lowest BCUT2D eigenvalue weighted by molar-refractivity contribution is 0.281. The van der Waals surface area contributed by atoms with Gasteiger partial charge in [0.1, 0.15) is 5.82 Å². The zero-order chi connectivity index (χ0) is 15.6. The Morgan fingerprint density at radius 1 is 1.19 bits per heavy atom. The zero-order valence-electron chi connectivity index (χ0n) is 14.0. The van der Waals surface area contributed by atoms with E-state index in [4.69, 9.17) is 10.7 Å². The van der Waals surface area contributed by atoms with E-state index >= 15 is 0 Å². The van der Waals surface area contributed by atoms with Crippen molar-refractivity contribution in [2.45, 2.75) is 47.2 Å². The Bertz CT molecular complexity index is 611. The lowest BCUT2D eigenvalue weighted by Crippen LogP contribution is -2.26. The molecule has 0 aliphatic heterocycles. The second kappa shape index (κ2) is 6.58. The molecule has 1 atom stereocenters. The monoisotopic (exact) mass is 288 g/mol. The number of hydrogen-bond acceptors (Lipinski definition) is 3. The molecule has 0 aliphatic rings. The third-order valence-corrected chi connectivity index (χ3v) is 4.42. The van der Waals surface area contributed by atoms with Crippen molar-refractivity contribution >= 4 is 11.0 Å². The molecule has 4 nitrogen and oxygen atoms in total. The smallest absolute Gasteiger partial charge is 0.124 e. The molecule has 1 aromatic carbocycles. The van der Waals surface area contributed by atoms with Crippen molar-refractivity contribution in [2.75, 3.05) is 19.6 Å². The summed E-state index contributed by atoms with van der Waals surface area (Å²) in [5, 5.41) is 0. The number of benzene rings is 1. The zero-order valence-corrected chi connectivity index (χ0v) is 14.0. The van der Waals surface area contributed by atoms with Gasteiger partial charge >= 0.3 is 0 Å². The highest BCUT2D eigenvalue weighted by atomic mass is 15.2. The second-order valence-corrected chi connectivity index (χ2v) is 5.87. The molecule has 0 fully saturated rings. The van der Waals surface area contributed by atoms with Gasteiger partial charge in [-0.25, -0.2) is 4.98 Å². The van der Waals surface area contributed by atoms with Crippen molar-refractivity contribution in [3.8, 4) is 0 Å². The summed E-state index contributed by atoms with van der Waals surface area (Å²) in [6, 6.07) is 4.70. The van der Waals surface area contributed by atoms with E-state index in [1.165, 1.54) is 16.6 Å². The van der Waals surface area contributed by atoms with Crippen LogP contribution in [0.1, 0.15) is 43.8 Å². The number of fused-ring (bicyclic) bond motifs is 1. The van der Waals surface area contributed by atoms with Crippen LogP contribution in [0.4, 0.5) is 0 Å².